The second-order valence-electron chi connectivity index (χ2n) is 4.62. The first-order valence-electron chi connectivity index (χ1n) is 7.23. The minimum atomic E-state index is -0.740. The molecule has 0 fully saturated rings. The van der Waals surface area contributed by atoms with Crippen LogP contribution in [-0.2, 0) is 16.1 Å². The van der Waals surface area contributed by atoms with E-state index in [1.54, 1.807) is 6.92 Å². The lowest BCUT2D eigenvalue weighted by atomic mass is 10.1. The van der Waals surface area contributed by atoms with Crippen LogP contribution < -0.4 is 11.1 Å². The summed E-state index contributed by atoms with van der Waals surface area (Å²) in [5.74, 6) is -1.87. The Bertz CT molecular complexity index is 791. The van der Waals surface area contributed by atoms with Crippen LogP contribution in [0.5, 0.6) is 0 Å². The highest BCUT2D eigenvalue weighted by atomic mass is 32.1. The van der Waals surface area contributed by atoms with Gasteiger partial charge < -0.3 is 20.5 Å². The summed E-state index contributed by atoms with van der Waals surface area (Å²) >= 11 is 0.921. The van der Waals surface area contributed by atoms with E-state index in [4.69, 9.17) is 15.2 Å². The molecule has 0 aliphatic carbocycles. The summed E-state index contributed by atoms with van der Waals surface area (Å²) in [6, 6.07) is 0. The van der Waals surface area contributed by atoms with Crippen molar-refractivity contribution in [1.82, 2.24) is 15.3 Å². The van der Waals surface area contributed by atoms with Crippen molar-refractivity contribution in [2.45, 2.75) is 13.5 Å². The summed E-state index contributed by atoms with van der Waals surface area (Å²) in [6.45, 7) is 1.45. The van der Waals surface area contributed by atoms with Crippen molar-refractivity contribution in [2.24, 2.45) is 0 Å². The molecule has 10 heteroatoms. The molecule has 0 atom stereocenters. The fraction of sp³-hybridized carbons (Fsp3) is 0.267. The Hall–Kier alpha value is -3.01. The number of hydrogen-bond donors (Lipinski definition) is 2. The van der Waals surface area contributed by atoms with Crippen LogP contribution in [-0.4, -0.2) is 41.5 Å². The van der Waals surface area contributed by atoms with Gasteiger partial charge in [0.15, 0.2) is 5.69 Å². The first kappa shape index (κ1) is 18.3. The van der Waals surface area contributed by atoms with Gasteiger partial charge in [-0.25, -0.2) is 14.6 Å². The van der Waals surface area contributed by atoms with E-state index in [9.17, 15) is 14.4 Å². The topological polar surface area (TPSA) is 134 Å². The molecule has 0 unspecified atom stereocenters. The number of nitrogens with one attached hydrogen (secondary N) is 1. The summed E-state index contributed by atoms with van der Waals surface area (Å²) in [6.07, 6.45) is 4.01. The van der Waals surface area contributed by atoms with Gasteiger partial charge in [0.25, 0.3) is 5.91 Å². The van der Waals surface area contributed by atoms with E-state index in [0.717, 1.165) is 11.3 Å². The Morgan fingerprint density at radius 2 is 2.00 bits per heavy atom. The Labute approximate surface area is 147 Å². The van der Waals surface area contributed by atoms with E-state index in [1.165, 1.54) is 25.6 Å². The van der Waals surface area contributed by atoms with Gasteiger partial charge in [-0.3, -0.25) is 9.78 Å². The molecule has 2 aromatic rings. The maximum Gasteiger partial charge on any atom is 0.358 e. The second kappa shape index (κ2) is 8.20. The number of nitrogens with two attached hydrogens (primary N) is 1. The van der Waals surface area contributed by atoms with Gasteiger partial charge >= 0.3 is 11.9 Å². The Morgan fingerprint density at radius 3 is 2.60 bits per heavy atom. The van der Waals surface area contributed by atoms with Gasteiger partial charge in [0, 0.05) is 25.0 Å². The average Bonchev–Trinajstić information content (AvgIpc) is 2.96. The number of nitrogens with zero attached hydrogens (tertiary/aromatic N) is 2. The molecule has 25 heavy (non-hydrogen) atoms. The van der Waals surface area contributed by atoms with E-state index in [0.29, 0.717) is 0 Å². The molecule has 0 aliphatic heterocycles. The molecular weight excluding hydrogens is 348 g/mol. The zero-order valence-electron chi connectivity index (χ0n) is 13.6. The molecule has 0 saturated heterocycles. The highest BCUT2D eigenvalue weighted by Gasteiger charge is 2.27. The van der Waals surface area contributed by atoms with E-state index in [1.807, 2.05) is 0 Å². The predicted molar refractivity (Wildman–Crippen MR) is 89.2 cm³/mol. The third kappa shape index (κ3) is 4.10. The lowest BCUT2D eigenvalue weighted by Gasteiger charge is -2.08. The van der Waals surface area contributed by atoms with Crippen LogP contribution in [0.25, 0.3) is 0 Å². The normalized spacial score (nSPS) is 10.2. The molecule has 0 bridgehead atoms. The molecular formula is C15H16N4O5S. The molecule has 0 aromatic carbocycles. The number of thiophene rings is 1. The predicted octanol–water partition coefficient (Wildman–Crippen LogP) is 1.01. The van der Waals surface area contributed by atoms with Crippen molar-refractivity contribution < 1.29 is 23.9 Å². The summed E-state index contributed by atoms with van der Waals surface area (Å²) in [5, 5.41) is 2.57. The third-order valence-electron chi connectivity index (χ3n) is 3.07. The number of esters is 2. The number of carbonyl (C=O) groups is 3. The van der Waals surface area contributed by atoms with E-state index < -0.39 is 17.8 Å². The molecule has 0 spiro atoms. The smallest absolute Gasteiger partial charge is 0.358 e. The highest BCUT2D eigenvalue weighted by molar-refractivity contribution is 7.18. The van der Waals surface area contributed by atoms with E-state index >= 15 is 0 Å². The average molecular weight is 364 g/mol. The standard InChI is InChI=1S/C15H16N4O5S/c1-3-23-15(22)10-8(11(13(20)17-2)25-12(10)16)7-24-14(21)9-6-18-4-5-19-9/h4-6H,3,7,16H2,1-2H3,(H,17,20). The van der Waals surface area contributed by atoms with Crippen LogP contribution >= 0.6 is 11.3 Å². The van der Waals surface area contributed by atoms with Gasteiger partial charge in [-0.2, -0.15) is 0 Å². The van der Waals surface area contributed by atoms with Gasteiger partial charge in [0.05, 0.1) is 12.8 Å². The zero-order chi connectivity index (χ0) is 18.4. The number of rotatable bonds is 6. The largest absolute Gasteiger partial charge is 0.462 e. The second-order valence-corrected chi connectivity index (χ2v) is 5.67. The molecule has 1 amide bonds. The minimum absolute atomic E-state index is 0.00452. The number of nitrogen functional groups attached to an aromatic ring is 1. The highest BCUT2D eigenvalue weighted by Crippen LogP contribution is 2.32. The number of carbonyl (C=O) groups excluding carboxylic acids is 3. The molecule has 0 aliphatic rings. The van der Waals surface area contributed by atoms with Gasteiger partial charge in [-0.15, -0.1) is 11.3 Å². The van der Waals surface area contributed by atoms with Crippen LogP contribution in [0.1, 0.15) is 43.0 Å². The summed E-state index contributed by atoms with van der Waals surface area (Å²) in [5.41, 5.74) is 6.08. The van der Waals surface area contributed by atoms with E-state index in [2.05, 4.69) is 15.3 Å². The number of anilines is 1. The van der Waals surface area contributed by atoms with Crippen molar-refractivity contribution in [3.05, 3.63) is 40.3 Å². The van der Waals surface area contributed by atoms with Crippen LogP contribution in [0.15, 0.2) is 18.6 Å². The Morgan fingerprint density at radius 1 is 1.24 bits per heavy atom. The van der Waals surface area contributed by atoms with Gasteiger partial charge in [0.1, 0.15) is 22.0 Å². The van der Waals surface area contributed by atoms with Crippen LogP contribution in [0.2, 0.25) is 0 Å². The molecule has 0 radical (unpaired) electrons. The van der Waals surface area contributed by atoms with Gasteiger partial charge in [0.2, 0.25) is 0 Å². The SMILES string of the molecule is CCOC(=O)c1c(N)sc(C(=O)NC)c1COC(=O)c1cnccn1. The summed E-state index contributed by atoms with van der Waals surface area (Å²) < 4.78 is 10.1. The lowest BCUT2D eigenvalue weighted by Crippen LogP contribution is -2.20. The number of aromatic nitrogens is 2. The molecule has 9 nitrogen and oxygen atoms in total. The fourth-order valence-electron chi connectivity index (χ4n) is 1.96. The van der Waals surface area contributed by atoms with Crippen molar-refractivity contribution >= 4 is 34.2 Å². The summed E-state index contributed by atoms with van der Waals surface area (Å²) in [4.78, 5) is 43.9. The number of ether oxygens (including phenoxy) is 2. The van der Waals surface area contributed by atoms with Crippen molar-refractivity contribution in [1.29, 1.82) is 0 Å². The fourth-order valence-corrected chi connectivity index (χ4v) is 2.97. The minimum Gasteiger partial charge on any atom is -0.462 e. The van der Waals surface area contributed by atoms with Gasteiger partial charge in [-0.1, -0.05) is 0 Å². The first-order chi connectivity index (χ1) is 12.0. The van der Waals surface area contributed by atoms with Crippen molar-refractivity contribution in [2.75, 3.05) is 19.4 Å². The zero-order valence-corrected chi connectivity index (χ0v) is 14.4. The molecule has 132 valence electrons. The van der Waals surface area contributed by atoms with Crippen LogP contribution in [0.3, 0.4) is 0 Å². The first-order valence-corrected chi connectivity index (χ1v) is 8.04. The van der Waals surface area contributed by atoms with Crippen molar-refractivity contribution in [3.63, 3.8) is 0 Å². The van der Waals surface area contributed by atoms with Crippen LogP contribution in [0, 0.1) is 0 Å². The molecule has 2 aromatic heterocycles. The van der Waals surface area contributed by atoms with Crippen LogP contribution in [0.4, 0.5) is 5.00 Å². The Kier molecular flexibility index (Phi) is 6.01. The molecule has 3 N–H and O–H groups in total. The lowest BCUT2D eigenvalue weighted by molar-refractivity contribution is 0.0444. The maximum absolute atomic E-state index is 12.1. The molecule has 2 rings (SSSR count). The summed E-state index contributed by atoms with van der Waals surface area (Å²) in [7, 11) is 1.44. The van der Waals surface area contributed by atoms with E-state index in [-0.39, 0.29) is 39.9 Å². The number of amides is 1. The molecule has 2 heterocycles. The maximum atomic E-state index is 12.1. The Balaban J connectivity index is 2.32. The number of hydrogen-bond acceptors (Lipinski definition) is 9. The molecule has 0 saturated carbocycles. The van der Waals surface area contributed by atoms with Crippen molar-refractivity contribution in [3.8, 4) is 0 Å². The van der Waals surface area contributed by atoms with Gasteiger partial charge in [-0.05, 0) is 6.92 Å². The monoisotopic (exact) mass is 364 g/mol. The quantitative estimate of drug-likeness (QED) is 0.726. The third-order valence-corrected chi connectivity index (χ3v) is 4.13.